The molecule has 1 amide bonds. The number of thiocarbonyl (C=S) groups is 1. The molecule has 5 nitrogen and oxygen atoms in total. The summed E-state index contributed by atoms with van der Waals surface area (Å²) in [7, 11) is 0. The third kappa shape index (κ3) is 2.65. The first-order chi connectivity index (χ1) is 8.18. The van der Waals surface area contributed by atoms with Gasteiger partial charge in [0.1, 0.15) is 13.2 Å². The van der Waals surface area contributed by atoms with Crippen molar-refractivity contribution in [3.63, 3.8) is 0 Å². The Kier molecular flexibility index (Phi) is 3.43. The number of hydrogen-bond acceptors (Lipinski definition) is 4. The second kappa shape index (κ2) is 5.01. The lowest BCUT2D eigenvalue weighted by Crippen LogP contribution is -2.32. The summed E-state index contributed by atoms with van der Waals surface area (Å²) >= 11 is 4.69. The Morgan fingerprint density at radius 1 is 1.41 bits per heavy atom. The molecule has 0 aromatic heterocycles. The lowest BCUT2D eigenvalue weighted by molar-refractivity contribution is 0.0948. The maximum atomic E-state index is 11.9. The monoisotopic (exact) mass is 252 g/mol. The van der Waals surface area contributed by atoms with Crippen LogP contribution in [0.4, 0.5) is 0 Å². The Hall–Kier alpha value is -1.82. The van der Waals surface area contributed by atoms with E-state index in [9.17, 15) is 4.79 Å². The van der Waals surface area contributed by atoms with Crippen LogP contribution in [-0.2, 0) is 0 Å². The van der Waals surface area contributed by atoms with E-state index in [1.165, 1.54) is 0 Å². The van der Waals surface area contributed by atoms with Gasteiger partial charge in [-0.05, 0) is 12.1 Å². The Morgan fingerprint density at radius 3 is 2.94 bits per heavy atom. The maximum Gasteiger partial charge on any atom is 0.255 e. The van der Waals surface area contributed by atoms with Crippen LogP contribution in [0.1, 0.15) is 10.4 Å². The van der Waals surface area contributed by atoms with Gasteiger partial charge in [0.05, 0.1) is 17.1 Å². The minimum atomic E-state index is -0.278. The maximum absolute atomic E-state index is 11.9. The summed E-state index contributed by atoms with van der Waals surface area (Å²) in [5, 5.41) is 2.61. The Morgan fingerprint density at radius 2 is 2.18 bits per heavy atom. The van der Waals surface area contributed by atoms with Crippen molar-refractivity contribution >= 4 is 23.1 Å². The first-order valence-corrected chi connectivity index (χ1v) is 5.54. The quantitative estimate of drug-likeness (QED) is 0.765. The molecule has 0 saturated carbocycles. The van der Waals surface area contributed by atoms with Crippen LogP contribution in [0.2, 0.25) is 0 Å². The summed E-state index contributed by atoms with van der Waals surface area (Å²) in [4.78, 5) is 12.1. The van der Waals surface area contributed by atoms with Gasteiger partial charge in [-0.25, -0.2) is 0 Å². The number of nitrogens with two attached hydrogens (primary N) is 1. The van der Waals surface area contributed by atoms with Gasteiger partial charge in [-0.2, -0.15) is 0 Å². The van der Waals surface area contributed by atoms with Gasteiger partial charge in [0.2, 0.25) is 0 Å². The molecule has 1 aliphatic rings. The Bertz CT molecular complexity index is 462. The van der Waals surface area contributed by atoms with Crippen molar-refractivity contribution in [2.45, 2.75) is 0 Å². The number of fused-ring (bicyclic) bond motifs is 1. The van der Waals surface area contributed by atoms with E-state index >= 15 is 0 Å². The Balaban J connectivity index is 2.20. The molecule has 1 aliphatic heterocycles. The second-order valence-corrected chi connectivity index (χ2v) is 4.00. The zero-order valence-electron chi connectivity index (χ0n) is 9.06. The number of amides is 1. The normalized spacial score (nSPS) is 12.9. The smallest absolute Gasteiger partial charge is 0.255 e. The fourth-order valence-corrected chi connectivity index (χ4v) is 1.59. The number of rotatable bonds is 3. The highest BCUT2D eigenvalue weighted by atomic mass is 32.1. The second-order valence-electron chi connectivity index (χ2n) is 3.48. The highest BCUT2D eigenvalue weighted by molar-refractivity contribution is 7.80. The predicted octanol–water partition coefficient (Wildman–Crippen LogP) is 0.474. The molecule has 1 aromatic carbocycles. The van der Waals surface area contributed by atoms with Crippen LogP contribution in [0.15, 0.2) is 18.2 Å². The fourth-order valence-electron chi connectivity index (χ4n) is 1.52. The molecule has 90 valence electrons. The van der Waals surface area contributed by atoms with Crippen molar-refractivity contribution in [1.29, 1.82) is 0 Å². The van der Waals surface area contributed by atoms with E-state index < -0.39 is 0 Å². The van der Waals surface area contributed by atoms with Gasteiger partial charge in [-0.3, -0.25) is 4.79 Å². The van der Waals surface area contributed by atoms with Crippen LogP contribution in [0, 0.1) is 0 Å². The van der Waals surface area contributed by atoms with Crippen molar-refractivity contribution in [1.82, 2.24) is 5.32 Å². The number of carbonyl (C=O) groups is 1. The molecule has 0 saturated heterocycles. The first-order valence-electron chi connectivity index (χ1n) is 5.13. The van der Waals surface area contributed by atoms with Crippen molar-refractivity contribution in [3.05, 3.63) is 23.8 Å². The van der Waals surface area contributed by atoms with Crippen molar-refractivity contribution in [2.75, 3.05) is 19.8 Å². The molecule has 0 radical (unpaired) electrons. The minimum Gasteiger partial charge on any atom is -0.486 e. The summed E-state index contributed by atoms with van der Waals surface area (Å²) in [5.74, 6) is 0.776. The van der Waals surface area contributed by atoms with Crippen LogP contribution < -0.4 is 20.5 Å². The molecule has 0 unspecified atom stereocenters. The highest BCUT2D eigenvalue weighted by Crippen LogP contribution is 2.33. The number of nitrogens with one attached hydrogen (secondary N) is 1. The van der Waals surface area contributed by atoms with Crippen LogP contribution in [0.5, 0.6) is 11.5 Å². The van der Waals surface area contributed by atoms with E-state index in [0.29, 0.717) is 30.3 Å². The predicted molar refractivity (Wildman–Crippen MR) is 66.6 cm³/mol. The first kappa shape index (κ1) is 11.7. The van der Waals surface area contributed by atoms with Crippen LogP contribution in [-0.4, -0.2) is 30.7 Å². The van der Waals surface area contributed by atoms with Crippen LogP contribution in [0.25, 0.3) is 0 Å². The van der Waals surface area contributed by atoms with Crippen molar-refractivity contribution in [3.8, 4) is 11.5 Å². The molecule has 0 bridgehead atoms. The van der Waals surface area contributed by atoms with E-state index in [-0.39, 0.29) is 17.4 Å². The lowest BCUT2D eigenvalue weighted by Gasteiger charge is -2.20. The average Bonchev–Trinajstić information content (AvgIpc) is 2.35. The summed E-state index contributed by atoms with van der Waals surface area (Å²) in [6, 6.07) is 5.17. The standard InChI is InChI=1S/C11H12N2O3S/c12-9(17)6-13-11(14)7-2-1-3-8-10(7)16-5-4-15-8/h1-3H,4-6H2,(H2,12,17)(H,13,14). The van der Waals surface area contributed by atoms with Crippen molar-refractivity contribution < 1.29 is 14.3 Å². The van der Waals surface area contributed by atoms with E-state index in [2.05, 4.69) is 5.32 Å². The van der Waals surface area contributed by atoms with Crippen molar-refractivity contribution in [2.24, 2.45) is 5.73 Å². The number of carbonyl (C=O) groups excluding carboxylic acids is 1. The lowest BCUT2D eigenvalue weighted by atomic mass is 10.1. The number of benzene rings is 1. The molecule has 2 rings (SSSR count). The molecule has 3 N–H and O–H groups in total. The van der Waals surface area contributed by atoms with Gasteiger partial charge in [-0.1, -0.05) is 18.3 Å². The zero-order chi connectivity index (χ0) is 12.3. The zero-order valence-corrected chi connectivity index (χ0v) is 9.88. The summed E-state index contributed by atoms with van der Waals surface area (Å²) in [6.45, 7) is 1.09. The summed E-state index contributed by atoms with van der Waals surface area (Å²) in [5.41, 5.74) is 5.75. The number of para-hydroxylation sites is 1. The largest absolute Gasteiger partial charge is 0.486 e. The third-order valence-electron chi connectivity index (χ3n) is 2.23. The number of hydrogen-bond donors (Lipinski definition) is 2. The molecule has 6 heteroatoms. The molecule has 0 fully saturated rings. The van der Waals surface area contributed by atoms with Gasteiger partial charge < -0.3 is 20.5 Å². The van der Waals surface area contributed by atoms with Gasteiger partial charge in [0, 0.05) is 0 Å². The van der Waals surface area contributed by atoms with Gasteiger partial charge >= 0.3 is 0 Å². The molecular weight excluding hydrogens is 240 g/mol. The minimum absolute atomic E-state index is 0.165. The van der Waals surface area contributed by atoms with Gasteiger partial charge in [-0.15, -0.1) is 0 Å². The van der Waals surface area contributed by atoms with Gasteiger partial charge in [0.15, 0.2) is 11.5 Å². The van der Waals surface area contributed by atoms with E-state index in [4.69, 9.17) is 27.4 Å². The molecule has 0 aliphatic carbocycles. The van der Waals surface area contributed by atoms with Gasteiger partial charge in [0.25, 0.3) is 5.91 Å². The van der Waals surface area contributed by atoms with E-state index in [0.717, 1.165) is 0 Å². The topological polar surface area (TPSA) is 73.6 Å². The molecule has 0 atom stereocenters. The third-order valence-corrected chi connectivity index (χ3v) is 2.38. The number of ether oxygens (including phenoxy) is 2. The molecule has 1 heterocycles. The summed E-state index contributed by atoms with van der Waals surface area (Å²) < 4.78 is 10.8. The molecular formula is C11H12N2O3S. The van der Waals surface area contributed by atoms with Crippen LogP contribution >= 0.6 is 12.2 Å². The fraction of sp³-hybridized carbons (Fsp3) is 0.273. The molecule has 1 aromatic rings. The SMILES string of the molecule is NC(=S)CNC(=O)c1cccc2c1OCCO2. The van der Waals surface area contributed by atoms with Crippen LogP contribution in [0.3, 0.4) is 0 Å². The van der Waals surface area contributed by atoms with E-state index in [1.807, 2.05) is 0 Å². The Labute approximate surface area is 104 Å². The molecule has 0 spiro atoms. The molecule has 17 heavy (non-hydrogen) atoms. The van der Waals surface area contributed by atoms with E-state index in [1.54, 1.807) is 18.2 Å². The summed E-state index contributed by atoms with van der Waals surface area (Å²) in [6.07, 6.45) is 0. The average molecular weight is 252 g/mol. The highest BCUT2D eigenvalue weighted by Gasteiger charge is 2.19.